The van der Waals surface area contributed by atoms with Crippen LogP contribution < -0.4 is 15.0 Å². The van der Waals surface area contributed by atoms with Crippen LogP contribution in [0.2, 0.25) is 5.02 Å². The summed E-state index contributed by atoms with van der Waals surface area (Å²) in [5.74, 6) is -2.83. The lowest BCUT2D eigenvalue weighted by Crippen LogP contribution is -2.46. The second-order valence-electron chi connectivity index (χ2n) is 9.56. The summed E-state index contributed by atoms with van der Waals surface area (Å²) in [6, 6.07) is 23.8. The Kier molecular flexibility index (Phi) is 8.31. The van der Waals surface area contributed by atoms with Gasteiger partial charge in [0.15, 0.2) is 0 Å². The molecule has 3 amide bonds. The van der Waals surface area contributed by atoms with Gasteiger partial charge in [0.2, 0.25) is 5.91 Å². The average molecular weight is 586 g/mol. The molecular formula is C32H25ClFN3O5. The molecule has 0 saturated carbocycles. The van der Waals surface area contributed by atoms with Crippen molar-refractivity contribution < 1.29 is 28.3 Å². The number of fused-ring (bicyclic) bond motifs is 1. The highest BCUT2D eigenvalue weighted by atomic mass is 35.5. The second kappa shape index (κ2) is 12.2. The predicted octanol–water partition coefficient (Wildman–Crippen LogP) is 5.43. The number of nitrogens with one attached hydrogen (secondary N) is 1. The third kappa shape index (κ3) is 6.01. The highest BCUT2D eigenvalue weighted by molar-refractivity contribution is 6.52. The summed E-state index contributed by atoms with van der Waals surface area (Å²) in [7, 11) is 1.52. The molecule has 1 unspecified atom stereocenters. The monoisotopic (exact) mass is 585 g/mol. The highest BCUT2D eigenvalue weighted by Crippen LogP contribution is 2.31. The minimum absolute atomic E-state index is 0.0785. The fraction of sp³-hybridized carbons (Fsp3) is 0.125. The van der Waals surface area contributed by atoms with Gasteiger partial charge < -0.3 is 15.0 Å². The molecule has 0 fully saturated rings. The summed E-state index contributed by atoms with van der Waals surface area (Å²) in [5, 5.41) is 3.28. The van der Waals surface area contributed by atoms with Gasteiger partial charge in [0.1, 0.15) is 24.2 Å². The first kappa shape index (κ1) is 28.5. The van der Waals surface area contributed by atoms with Crippen LogP contribution >= 0.6 is 11.6 Å². The van der Waals surface area contributed by atoms with E-state index in [0.717, 1.165) is 4.90 Å². The molecule has 0 aliphatic carbocycles. The normalized spacial score (nSPS) is 13.0. The number of anilines is 2. The Morgan fingerprint density at radius 2 is 1.67 bits per heavy atom. The number of para-hydroxylation sites is 1. The Labute approximate surface area is 246 Å². The predicted molar refractivity (Wildman–Crippen MR) is 156 cm³/mol. The molecule has 0 aromatic heterocycles. The number of hydrogen-bond acceptors (Lipinski definition) is 5. The minimum atomic E-state index is -1.31. The van der Waals surface area contributed by atoms with Gasteiger partial charge in [-0.25, -0.2) is 4.39 Å². The van der Waals surface area contributed by atoms with E-state index in [0.29, 0.717) is 27.7 Å². The molecular weight excluding hydrogens is 561 g/mol. The molecule has 1 atom stereocenters. The maximum atomic E-state index is 14.5. The van der Waals surface area contributed by atoms with Gasteiger partial charge in [-0.1, -0.05) is 48.0 Å². The SMILES string of the molecule is COc1ccc(NC(=O)C(c2cccc(F)c2)N(Cc2ccc(Cl)cc2)C(=O)CN2C(=O)C(=O)c3ccccc32)cc1. The van der Waals surface area contributed by atoms with Gasteiger partial charge in [-0.15, -0.1) is 0 Å². The van der Waals surface area contributed by atoms with E-state index in [-0.39, 0.29) is 17.7 Å². The zero-order valence-electron chi connectivity index (χ0n) is 22.4. The van der Waals surface area contributed by atoms with Crippen molar-refractivity contribution in [1.29, 1.82) is 0 Å². The summed E-state index contributed by atoms with van der Waals surface area (Å²) in [5.41, 5.74) is 1.77. The van der Waals surface area contributed by atoms with Crippen LogP contribution in [-0.4, -0.2) is 42.1 Å². The number of hydrogen-bond donors (Lipinski definition) is 1. The number of nitrogens with zero attached hydrogens (tertiary/aromatic N) is 2. The van der Waals surface area contributed by atoms with E-state index in [1.807, 2.05) is 0 Å². The number of Topliss-reactive ketones (excluding diaryl/α,β-unsaturated/α-hetero) is 1. The van der Waals surface area contributed by atoms with Gasteiger partial charge in [-0.2, -0.15) is 0 Å². The molecule has 1 aliphatic heterocycles. The number of amides is 3. The molecule has 5 rings (SSSR count). The first-order chi connectivity index (χ1) is 20.2. The maximum absolute atomic E-state index is 14.5. The van der Waals surface area contributed by atoms with Crippen LogP contribution in [0.25, 0.3) is 0 Å². The zero-order chi connectivity index (χ0) is 29.8. The molecule has 4 aromatic carbocycles. The number of carbonyl (C=O) groups excluding carboxylic acids is 4. The maximum Gasteiger partial charge on any atom is 0.299 e. The zero-order valence-corrected chi connectivity index (χ0v) is 23.2. The summed E-state index contributed by atoms with van der Waals surface area (Å²) in [6.45, 7) is -0.596. The Balaban J connectivity index is 1.54. The van der Waals surface area contributed by atoms with Crippen molar-refractivity contribution in [2.75, 3.05) is 23.9 Å². The van der Waals surface area contributed by atoms with Crippen LogP contribution in [0.1, 0.15) is 27.5 Å². The van der Waals surface area contributed by atoms with Gasteiger partial charge in [-0.3, -0.25) is 24.1 Å². The van der Waals surface area contributed by atoms with E-state index in [9.17, 15) is 23.6 Å². The van der Waals surface area contributed by atoms with Gasteiger partial charge in [0, 0.05) is 17.3 Å². The molecule has 1 N–H and O–H groups in total. The lowest BCUT2D eigenvalue weighted by molar-refractivity contribution is -0.139. The third-order valence-electron chi connectivity index (χ3n) is 6.84. The van der Waals surface area contributed by atoms with Crippen molar-refractivity contribution in [2.45, 2.75) is 12.6 Å². The van der Waals surface area contributed by atoms with Gasteiger partial charge in [0.05, 0.1) is 18.4 Å². The topological polar surface area (TPSA) is 96.0 Å². The van der Waals surface area contributed by atoms with Crippen molar-refractivity contribution in [3.63, 3.8) is 0 Å². The third-order valence-corrected chi connectivity index (χ3v) is 7.09. The summed E-state index contributed by atoms with van der Waals surface area (Å²) in [4.78, 5) is 55.8. The number of rotatable bonds is 9. The standard InChI is InChI=1S/C32H25ClFN3O5/c1-42-25-15-13-24(14-16-25)35-31(40)29(21-5-4-6-23(34)17-21)37(18-20-9-11-22(33)12-10-20)28(38)19-36-27-8-3-2-7-26(27)30(39)32(36)41/h2-17,29H,18-19H2,1H3,(H,35,40). The molecule has 1 heterocycles. The number of ether oxygens (including phenoxy) is 1. The van der Waals surface area contributed by atoms with Crippen LogP contribution in [0.3, 0.4) is 0 Å². The fourth-order valence-electron chi connectivity index (χ4n) is 4.78. The van der Waals surface area contributed by atoms with E-state index in [1.165, 1.54) is 36.3 Å². The van der Waals surface area contributed by atoms with Crippen molar-refractivity contribution in [3.8, 4) is 5.75 Å². The quantitative estimate of drug-likeness (QED) is 0.264. The van der Waals surface area contributed by atoms with E-state index < -0.39 is 41.9 Å². The number of methoxy groups -OCH3 is 1. The van der Waals surface area contributed by atoms with Crippen molar-refractivity contribution in [2.24, 2.45) is 0 Å². The number of benzene rings is 4. The Bertz CT molecular complexity index is 1660. The second-order valence-corrected chi connectivity index (χ2v) is 10.00. The van der Waals surface area contributed by atoms with Crippen LogP contribution in [-0.2, 0) is 20.9 Å². The lowest BCUT2D eigenvalue weighted by Gasteiger charge is -2.33. The molecule has 4 aromatic rings. The van der Waals surface area contributed by atoms with E-state index >= 15 is 0 Å². The van der Waals surface area contributed by atoms with Crippen LogP contribution in [0.4, 0.5) is 15.8 Å². The summed E-state index contributed by atoms with van der Waals surface area (Å²) < 4.78 is 19.7. The number of ketones is 1. The lowest BCUT2D eigenvalue weighted by atomic mass is 10.0. The summed E-state index contributed by atoms with van der Waals surface area (Å²) >= 11 is 6.07. The first-order valence-corrected chi connectivity index (χ1v) is 13.3. The molecule has 1 aliphatic rings. The number of carbonyl (C=O) groups is 4. The van der Waals surface area contributed by atoms with Gasteiger partial charge >= 0.3 is 0 Å². The average Bonchev–Trinajstić information content (AvgIpc) is 3.23. The van der Waals surface area contributed by atoms with E-state index in [2.05, 4.69) is 5.32 Å². The molecule has 8 nitrogen and oxygen atoms in total. The molecule has 0 radical (unpaired) electrons. The molecule has 10 heteroatoms. The summed E-state index contributed by atoms with van der Waals surface area (Å²) in [6.07, 6.45) is 0. The first-order valence-electron chi connectivity index (χ1n) is 12.9. The van der Waals surface area contributed by atoms with Gasteiger partial charge in [0.25, 0.3) is 17.6 Å². The molecule has 0 saturated heterocycles. The molecule has 212 valence electrons. The number of halogens is 2. The van der Waals surface area contributed by atoms with Crippen LogP contribution in [0.5, 0.6) is 5.75 Å². The Morgan fingerprint density at radius 3 is 2.36 bits per heavy atom. The van der Waals surface area contributed by atoms with Crippen molar-refractivity contribution in [1.82, 2.24) is 4.90 Å². The fourth-order valence-corrected chi connectivity index (χ4v) is 4.90. The van der Waals surface area contributed by atoms with Gasteiger partial charge in [-0.05, 0) is 71.8 Å². The van der Waals surface area contributed by atoms with E-state index in [4.69, 9.17) is 16.3 Å². The Morgan fingerprint density at radius 1 is 0.952 bits per heavy atom. The van der Waals surface area contributed by atoms with E-state index in [1.54, 1.807) is 72.8 Å². The van der Waals surface area contributed by atoms with Crippen molar-refractivity contribution >= 4 is 46.5 Å². The van der Waals surface area contributed by atoms with Crippen molar-refractivity contribution in [3.05, 3.63) is 125 Å². The largest absolute Gasteiger partial charge is 0.497 e. The minimum Gasteiger partial charge on any atom is -0.497 e. The molecule has 42 heavy (non-hydrogen) atoms. The Hall–Kier alpha value is -5.02. The molecule has 0 bridgehead atoms. The van der Waals surface area contributed by atoms with Crippen LogP contribution in [0, 0.1) is 5.82 Å². The smallest absolute Gasteiger partial charge is 0.299 e. The molecule has 0 spiro atoms. The van der Waals surface area contributed by atoms with Crippen LogP contribution in [0.15, 0.2) is 97.1 Å². The highest BCUT2D eigenvalue weighted by Gasteiger charge is 2.39.